The minimum Gasteiger partial charge on any atom is -0.390 e. The van der Waals surface area contributed by atoms with Gasteiger partial charge in [0, 0.05) is 17.3 Å². The molecule has 4 rings (SSSR count). The van der Waals surface area contributed by atoms with Gasteiger partial charge in [0.1, 0.15) is 0 Å². The lowest BCUT2D eigenvalue weighted by Gasteiger charge is -2.59. The molecule has 0 bridgehead atoms. The summed E-state index contributed by atoms with van der Waals surface area (Å²) in [7, 11) is 0. The number of aliphatic hydroxyl groups excluding tert-OH is 2. The molecule has 4 aliphatic carbocycles. The molecular formula is C20H26FNO5. The molecule has 27 heavy (non-hydrogen) atoms. The van der Waals surface area contributed by atoms with E-state index >= 15 is 4.39 Å². The maximum Gasteiger partial charge on any atom is 0.180 e. The Kier molecular flexibility index (Phi) is 4.06. The number of nitrogens with two attached hydrogens (primary N) is 1. The fraction of sp³-hybridized carbons (Fsp3) is 0.700. The van der Waals surface area contributed by atoms with Crippen molar-refractivity contribution in [3.63, 3.8) is 0 Å². The Morgan fingerprint density at radius 1 is 1.30 bits per heavy atom. The van der Waals surface area contributed by atoms with Gasteiger partial charge in [-0.3, -0.25) is 9.59 Å². The minimum absolute atomic E-state index is 0.0910. The summed E-state index contributed by atoms with van der Waals surface area (Å²) < 4.78 is 16.6. The summed E-state index contributed by atoms with van der Waals surface area (Å²) in [5, 5.41) is 32.3. The van der Waals surface area contributed by atoms with E-state index in [1.54, 1.807) is 13.0 Å². The number of hydrogen-bond donors (Lipinski definition) is 4. The molecule has 0 spiro atoms. The van der Waals surface area contributed by atoms with E-state index in [-0.39, 0.29) is 18.6 Å². The normalized spacial score (nSPS) is 51.3. The quantitative estimate of drug-likeness (QED) is 0.544. The van der Waals surface area contributed by atoms with Crippen molar-refractivity contribution in [1.29, 1.82) is 0 Å². The van der Waals surface area contributed by atoms with Crippen LogP contribution >= 0.6 is 0 Å². The van der Waals surface area contributed by atoms with Crippen LogP contribution in [0.15, 0.2) is 23.8 Å². The Balaban J connectivity index is 1.78. The second-order valence-corrected chi connectivity index (χ2v) is 8.75. The van der Waals surface area contributed by atoms with E-state index < -0.39 is 59.0 Å². The molecule has 0 unspecified atom stereocenters. The number of fused-ring (bicyclic) bond motifs is 5. The first-order valence-electron chi connectivity index (χ1n) is 9.55. The highest BCUT2D eigenvalue weighted by molar-refractivity contribution is 6.01. The molecule has 0 heterocycles. The molecule has 8 atom stereocenters. The Morgan fingerprint density at radius 2 is 2.00 bits per heavy atom. The number of alkyl halides is 1. The van der Waals surface area contributed by atoms with Gasteiger partial charge in [-0.15, -0.1) is 0 Å². The Labute approximate surface area is 156 Å². The fourth-order valence-electron chi connectivity index (χ4n) is 6.40. The molecule has 0 amide bonds. The highest BCUT2D eigenvalue weighted by Gasteiger charge is 2.71. The van der Waals surface area contributed by atoms with Gasteiger partial charge in [-0.05, 0) is 50.7 Å². The molecule has 148 valence electrons. The van der Waals surface area contributed by atoms with Crippen LogP contribution in [0.5, 0.6) is 0 Å². The summed E-state index contributed by atoms with van der Waals surface area (Å²) >= 11 is 0. The van der Waals surface area contributed by atoms with Gasteiger partial charge >= 0.3 is 0 Å². The lowest BCUT2D eigenvalue weighted by atomic mass is 9.48. The smallest absolute Gasteiger partial charge is 0.180 e. The Morgan fingerprint density at radius 3 is 2.67 bits per heavy atom. The molecule has 7 heteroatoms. The molecule has 3 fully saturated rings. The molecule has 6 nitrogen and oxygen atoms in total. The lowest BCUT2D eigenvalue weighted by Crippen LogP contribution is -2.66. The maximum absolute atomic E-state index is 16.6. The monoisotopic (exact) mass is 379 g/mol. The molecule has 3 saturated carbocycles. The van der Waals surface area contributed by atoms with Crippen LogP contribution in [-0.4, -0.2) is 56.9 Å². The van der Waals surface area contributed by atoms with Crippen LogP contribution in [0.25, 0.3) is 0 Å². The van der Waals surface area contributed by atoms with Gasteiger partial charge in [-0.1, -0.05) is 11.6 Å². The summed E-state index contributed by atoms with van der Waals surface area (Å²) in [5.74, 6) is -2.69. The van der Waals surface area contributed by atoms with Gasteiger partial charge in [0.2, 0.25) is 0 Å². The predicted octanol–water partition coefficient (Wildman–Crippen LogP) is 0.197. The SMILES string of the molecule is C[C@]12C=CC(=O)C=C1CC[C@H]1[C@@H]3C[C@@H](O)[C@](O)(C(=O)CN)[C@H]3C[C@H](O)[C@@]12F. The summed E-state index contributed by atoms with van der Waals surface area (Å²) in [6.07, 6.45) is 2.41. The van der Waals surface area contributed by atoms with Crippen LogP contribution in [0.3, 0.4) is 0 Å². The molecular weight excluding hydrogens is 353 g/mol. The van der Waals surface area contributed by atoms with Crippen molar-refractivity contribution in [2.75, 3.05) is 6.54 Å². The van der Waals surface area contributed by atoms with Gasteiger partial charge in [0.25, 0.3) is 0 Å². The highest BCUT2D eigenvalue weighted by Crippen LogP contribution is 2.65. The number of rotatable bonds is 2. The van der Waals surface area contributed by atoms with Gasteiger partial charge in [0.05, 0.1) is 18.8 Å². The van der Waals surface area contributed by atoms with Crippen LogP contribution in [-0.2, 0) is 9.59 Å². The molecule has 5 N–H and O–H groups in total. The second kappa shape index (κ2) is 5.80. The topological polar surface area (TPSA) is 121 Å². The zero-order valence-corrected chi connectivity index (χ0v) is 15.3. The van der Waals surface area contributed by atoms with Crippen molar-refractivity contribution in [3.05, 3.63) is 23.8 Å². The summed E-state index contributed by atoms with van der Waals surface area (Å²) in [6, 6.07) is 0. The zero-order chi connectivity index (χ0) is 19.8. The van der Waals surface area contributed by atoms with E-state index in [0.29, 0.717) is 18.4 Å². The van der Waals surface area contributed by atoms with E-state index in [1.165, 1.54) is 12.2 Å². The van der Waals surface area contributed by atoms with E-state index in [0.717, 1.165) is 0 Å². The van der Waals surface area contributed by atoms with Crippen molar-refractivity contribution in [2.24, 2.45) is 28.9 Å². The Bertz CT molecular complexity index is 765. The van der Waals surface area contributed by atoms with Crippen molar-refractivity contribution in [2.45, 2.75) is 56.1 Å². The third kappa shape index (κ3) is 2.14. The number of hydrogen-bond acceptors (Lipinski definition) is 6. The van der Waals surface area contributed by atoms with Crippen LogP contribution in [0.2, 0.25) is 0 Å². The number of ketones is 2. The van der Waals surface area contributed by atoms with Crippen LogP contribution in [0.1, 0.15) is 32.6 Å². The second-order valence-electron chi connectivity index (χ2n) is 8.75. The maximum atomic E-state index is 16.6. The predicted molar refractivity (Wildman–Crippen MR) is 94.1 cm³/mol. The number of allylic oxidation sites excluding steroid dienone is 4. The van der Waals surface area contributed by atoms with Crippen molar-refractivity contribution in [1.82, 2.24) is 0 Å². The number of Topliss-reactive ketones (excluding diaryl/α,β-unsaturated/α-hetero) is 1. The largest absolute Gasteiger partial charge is 0.390 e. The van der Waals surface area contributed by atoms with Crippen molar-refractivity contribution < 1.29 is 29.3 Å². The first kappa shape index (κ1) is 18.9. The first-order valence-corrected chi connectivity index (χ1v) is 9.55. The summed E-state index contributed by atoms with van der Waals surface area (Å²) in [5.41, 5.74) is 0.887. The number of halogens is 1. The fourth-order valence-corrected chi connectivity index (χ4v) is 6.40. The number of carbonyl (C=O) groups is 2. The molecule has 4 aliphatic rings. The average Bonchev–Trinajstić information content (AvgIpc) is 2.88. The van der Waals surface area contributed by atoms with Crippen LogP contribution < -0.4 is 5.73 Å². The summed E-state index contributed by atoms with van der Waals surface area (Å²) in [4.78, 5) is 24.1. The molecule has 0 saturated heterocycles. The lowest BCUT2D eigenvalue weighted by molar-refractivity contribution is -0.192. The van der Waals surface area contributed by atoms with Gasteiger partial charge in [0.15, 0.2) is 22.8 Å². The van der Waals surface area contributed by atoms with Gasteiger partial charge in [-0.25, -0.2) is 4.39 Å². The number of aliphatic hydroxyl groups is 3. The zero-order valence-electron chi connectivity index (χ0n) is 15.3. The van der Waals surface area contributed by atoms with E-state index in [1.807, 2.05) is 0 Å². The molecule has 0 radical (unpaired) electrons. The average molecular weight is 379 g/mol. The van der Waals surface area contributed by atoms with Gasteiger partial charge in [-0.2, -0.15) is 0 Å². The molecule has 0 aromatic heterocycles. The van der Waals surface area contributed by atoms with E-state index in [9.17, 15) is 24.9 Å². The minimum atomic E-state index is -2.04. The van der Waals surface area contributed by atoms with E-state index in [4.69, 9.17) is 5.73 Å². The van der Waals surface area contributed by atoms with E-state index in [2.05, 4.69) is 0 Å². The first-order chi connectivity index (χ1) is 12.6. The summed E-state index contributed by atoms with van der Waals surface area (Å²) in [6.45, 7) is 1.27. The number of carbonyl (C=O) groups excluding carboxylic acids is 2. The molecule has 0 aromatic carbocycles. The van der Waals surface area contributed by atoms with Crippen molar-refractivity contribution in [3.8, 4) is 0 Å². The van der Waals surface area contributed by atoms with Crippen LogP contribution in [0, 0.1) is 23.2 Å². The third-order valence-electron chi connectivity index (χ3n) is 7.82. The Hall–Kier alpha value is -1.41. The highest BCUT2D eigenvalue weighted by atomic mass is 19.1. The van der Waals surface area contributed by atoms with Gasteiger partial charge < -0.3 is 21.1 Å². The van der Waals surface area contributed by atoms with Crippen LogP contribution in [0.4, 0.5) is 4.39 Å². The standard InChI is InChI=1S/C20H26FNO5/c1-18-5-4-11(23)6-10(18)2-3-13-12-7-15(24)19(27,17(26)9-22)14(12)8-16(25)20(13,18)21/h4-6,12-16,24-25,27H,2-3,7-9,22H2,1H3/t12-,13-,14-,15+,16-,18-,19-,20-/m0/s1. The third-order valence-corrected chi connectivity index (χ3v) is 7.82. The molecule has 0 aliphatic heterocycles. The molecule has 0 aromatic rings. The van der Waals surface area contributed by atoms with Crippen molar-refractivity contribution >= 4 is 11.6 Å².